The van der Waals surface area contributed by atoms with Gasteiger partial charge in [0.25, 0.3) is 0 Å². The molecule has 37 heavy (non-hydrogen) atoms. The number of aryl methyl sites for hydroxylation is 2. The Labute approximate surface area is 221 Å². The molecule has 0 saturated heterocycles. The molecule has 0 spiro atoms. The number of phenolic OH excluding ortho intramolecular Hbond substituents is 2. The third kappa shape index (κ3) is 4.44. The lowest BCUT2D eigenvalue weighted by Crippen LogP contribution is -2.29. The van der Waals surface area contributed by atoms with Crippen LogP contribution in [0.2, 0.25) is 0 Å². The summed E-state index contributed by atoms with van der Waals surface area (Å²) in [5, 5.41) is 21.6. The molecule has 2 nitrogen and oxygen atoms in total. The van der Waals surface area contributed by atoms with Gasteiger partial charge in [-0.3, -0.25) is 0 Å². The summed E-state index contributed by atoms with van der Waals surface area (Å²) in [5.74, 6) is 0.751. The summed E-state index contributed by atoms with van der Waals surface area (Å²) in [6, 6.07) is 29.9. The van der Waals surface area contributed by atoms with Crippen LogP contribution in [0.5, 0.6) is 11.5 Å². The average molecular weight is 491 g/mol. The van der Waals surface area contributed by atoms with Gasteiger partial charge in [-0.2, -0.15) is 0 Å². The quantitative estimate of drug-likeness (QED) is 0.192. The minimum absolute atomic E-state index is 0.375. The largest absolute Gasteiger partial charge is 0.508 e. The van der Waals surface area contributed by atoms with Crippen molar-refractivity contribution in [3.8, 4) is 22.6 Å². The zero-order chi connectivity index (χ0) is 25.8. The third-order valence-electron chi connectivity index (χ3n) is 8.08. The Morgan fingerprint density at radius 2 is 0.973 bits per heavy atom. The predicted octanol–water partition coefficient (Wildman–Crippen LogP) is 8.93. The molecule has 0 radical (unpaired) electrons. The van der Waals surface area contributed by atoms with E-state index in [4.69, 9.17) is 0 Å². The smallest absolute Gasteiger partial charge is 0.118 e. The highest BCUT2D eigenvalue weighted by Crippen LogP contribution is 2.56. The number of benzene rings is 4. The van der Waals surface area contributed by atoms with E-state index in [9.17, 15) is 10.2 Å². The summed E-state index contributed by atoms with van der Waals surface area (Å²) in [7, 11) is 0. The summed E-state index contributed by atoms with van der Waals surface area (Å²) in [5.41, 5.74) is 8.84. The van der Waals surface area contributed by atoms with Crippen LogP contribution in [0.3, 0.4) is 0 Å². The molecule has 4 aromatic rings. The summed E-state index contributed by atoms with van der Waals surface area (Å²) < 4.78 is 0. The second-order valence-electron chi connectivity index (χ2n) is 10.4. The van der Waals surface area contributed by atoms with Crippen molar-refractivity contribution in [3.63, 3.8) is 0 Å². The predicted molar refractivity (Wildman–Crippen MR) is 154 cm³/mol. The first-order chi connectivity index (χ1) is 18.1. The molecule has 2 N–H and O–H groups in total. The molecule has 0 atom stereocenters. The minimum atomic E-state index is -0.520. The zero-order valence-electron chi connectivity index (χ0n) is 22.1. The molecule has 0 unspecified atom stereocenters. The highest BCUT2D eigenvalue weighted by atomic mass is 16.3. The number of hydrogen-bond donors (Lipinski definition) is 2. The van der Waals surface area contributed by atoms with E-state index in [1.54, 1.807) is 0 Å². The second-order valence-corrected chi connectivity index (χ2v) is 10.4. The molecule has 0 heterocycles. The normalized spacial score (nSPS) is 13.4. The van der Waals surface area contributed by atoms with Crippen LogP contribution >= 0.6 is 0 Å². The van der Waals surface area contributed by atoms with E-state index in [1.165, 1.54) is 33.4 Å². The first-order valence-corrected chi connectivity index (χ1v) is 13.9. The monoisotopic (exact) mass is 490 g/mol. The van der Waals surface area contributed by atoms with Gasteiger partial charge in [-0.1, -0.05) is 112 Å². The maximum absolute atomic E-state index is 10.8. The third-order valence-corrected chi connectivity index (χ3v) is 8.08. The van der Waals surface area contributed by atoms with E-state index in [1.807, 2.05) is 12.1 Å². The van der Waals surface area contributed by atoms with Gasteiger partial charge in [-0.05, 0) is 82.3 Å². The summed E-state index contributed by atoms with van der Waals surface area (Å²) in [6.45, 7) is 4.42. The zero-order valence-corrected chi connectivity index (χ0v) is 22.1. The number of fused-ring (bicyclic) bond motifs is 3. The van der Waals surface area contributed by atoms with Gasteiger partial charge in [0.1, 0.15) is 11.5 Å². The average Bonchev–Trinajstić information content (AvgIpc) is 3.22. The molecule has 2 heteroatoms. The Bertz CT molecular complexity index is 1280. The minimum Gasteiger partial charge on any atom is -0.508 e. The molecular weight excluding hydrogens is 452 g/mol. The maximum Gasteiger partial charge on any atom is 0.118 e. The van der Waals surface area contributed by atoms with Gasteiger partial charge in [0.05, 0.1) is 5.41 Å². The van der Waals surface area contributed by atoms with Crippen LogP contribution in [-0.2, 0) is 18.3 Å². The molecule has 190 valence electrons. The highest BCUT2D eigenvalue weighted by molar-refractivity contribution is 5.86. The first kappa shape index (κ1) is 25.1. The van der Waals surface area contributed by atoms with E-state index >= 15 is 0 Å². The number of unbranched alkanes of at least 4 members (excludes halogenated alkanes) is 4. The molecule has 0 aromatic heterocycles. The van der Waals surface area contributed by atoms with Crippen LogP contribution in [0.25, 0.3) is 11.1 Å². The van der Waals surface area contributed by atoms with Crippen molar-refractivity contribution in [2.75, 3.05) is 0 Å². The number of phenols is 2. The van der Waals surface area contributed by atoms with Gasteiger partial charge in [0.15, 0.2) is 0 Å². The van der Waals surface area contributed by atoms with Crippen molar-refractivity contribution in [2.45, 2.75) is 70.6 Å². The molecule has 0 bridgehead atoms. The van der Waals surface area contributed by atoms with Crippen LogP contribution in [0.15, 0.2) is 84.9 Å². The van der Waals surface area contributed by atoms with Crippen LogP contribution in [-0.4, -0.2) is 10.2 Å². The van der Waals surface area contributed by atoms with Crippen LogP contribution < -0.4 is 0 Å². The van der Waals surface area contributed by atoms with Crippen molar-refractivity contribution in [1.29, 1.82) is 0 Å². The van der Waals surface area contributed by atoms with Gasteiger partial charge in [-0.25, -0.2) is 0 Å². The molecule has 0 aliphatic heterocycles. The highest BCUT2D eigenvalue weighted by Gasteiger charge is 2.46. The van der Waals surface area contributed by atoms with Crippen molar-refractivity contribution in [3.05, 3.63) is 118 Å². The topological polar surface area (TPSA) is 40.5 Å². The fourth-order valence-corrected chi connectivity index (χ4v) is 6.19. The number of aromatic hydroxyl groups is 2. The van der Waals surface area contributed by atoms with Gasteiger partial charge >= 0.3 is 0 Å². The number of rotatable bonds is 10. The molecule has 4 aromatic carbocycles. The Morgan fingerprint density at radius 1 is 0.541 bits per heavy atom. The van der Waals surface area contributed by atoms with E-state index in [0.29, 0.717) is 11.5 Å². The standard InChI is InChI=1S/C35H38O2/c1-3-5-7-13-25-23-27(19-21-33(25)36)35(28-20-22-34(37)26(24-28)14-8-6-4-2)31-17-11-9-15-29(31)30-16-10-12-18-32(30)35/h9-12,15-24,36-37H,3-8,13-14H2,1-2H3. The van der Waals surface area contributed by atoms with Gasteiger partial charge in [0, 0.05) is 0 Å². The van der Waals surface area contributed by atoms with Crippen molar-refractivity contribution in [1.82, 2.24) is 0 Å². The molecule has 0 fully saturated rings. The van der Waals surface area contributed by atoms with Crippen molar-refractivity contribution in [2.24, 2.45) is 0 Å². The van der Waals surface area contributed by atoms with Crippen molar-refractivity contribution >= 4 is 0 Å². The fourth-order valence-electron chi connectivity index (χ4n) is 6.19. The molecule has 0 amide bonds. The van der Waals surface area contributed by atoms with Gasteiger partial charge < -0.3 is 10.2 Å². The number of hydrogen-bond acceptors (Lipinski definition) is 2. The molecule has 0 saturated carbocycles. The van der Waals surface area contributed by atoms with E-state index in [0.717, 1.165) is 62.5 Å². The Hall–Kier alpha value is -3.52. The lowest BCUT2D eigenvalue weighted by atomic mass is 9.67. The van der Waals surface area contributed by atoms with Crippen LogP contribution in [0.4, 0.5) is 0 Å². The Morgan fingerprint density at radius 3 is 1.41 bits per heavy atom. The van der Waals surface area contributed by atoms with Gasteiger partial charge in [-0.15, -0.1) is 0 Å². The summed E-state index contributed by atoms with van der Waals surface area (Å²) >= 11 is 0. The van der Waals surface area contributed by atoms with Crippen LogP contribution in [0.1, 0.15) is 85.8 Å². The van der Waals surface area contributed by atoms with E-state index in [-0.39, 0.29) is 0 Å². The first-order valence-electron chi connectivity index (χ1n) is 13.9. The Kier molecular flexibility index (Phi) is 7.37. The van der Waals surface area contributed by atoms with Crippen LogP contribution in [0, 0.1) is 0 Å². The summed E-state index contributed by atoms with van der Waals surface area (Å²) in [4.78, 5) is 0. The van der Waals surface area contributed by atoms with Gasteiger partial charge in [0.2, 0.25) is 0 Å². The SMILES string of the molecule is CCCCCc1cc(C2(c3ccc(O)c(CCCCC)c3)c3ccccc3-c3ccccc32)ccc1O. The maximum atomic E-state index is 10.8. The lowest BCUT2D eigenvalue weighted by molar-refractivity contribution is 0.465. The van der Waals surface area contributed by atoms with E-state index < -0.39 is 5.41 Å². The molecule has 1 aliphatic carbocycles. The lowest BCUT2D eigenvalue weighted by Gasteiger charge is -2.34. The molecule has 1 aliphatic rings. The molecule has 5 rings (SSSR count). The second kappa shape index (κ2) is 10.8. The fraction of sp³-hybridized carbons (Fsp3) is 0.314. The molecular formula is C35H38O2. The van der Waals surface area contributed by atoms with E-state index in [2.05, 4.69) is 86.6 Å². The summed E-state index contributed by atoms with van der Waals surface area (Å²) in [6.07, 6.45) is 8.47. The van der Waals surface area contributed by atoms with Crippen molar-refractivity contribution < 1.29 is 10.2 Å². The Balaban J connectivity index is 1.77.